The molecule has 0 heterocycles. The van der Waals surface area contributed by atoms with Crippen LogP contribution < -0.4 is 5.32 Å². The Kier molecular flexibility index (Phi) is 4.90. The molecule has 1 aromatic rings. The summed E-state index contributed by atoms with van der Waals surface area (Å²) in [6.07, 6.45) is 0.671. The minimum Gasteiger partial charge on any atom is -0.507 e. The van der Waals surface area contributed by atoms with Gasteiger partial charge in [0.15, 0.2) is 0 Å². The highest BCUT2D eigenvalue weighted by molar-refractivity contribution is 5.96. The van der Waals surface area contributed by atoms with E-state index in [0.717, 1.165) is 12.1 Å². The lowest BCUT2D eigenvalue weighted by Crippen LogP contribution is -2.33. The highest BCUT2D eigenvalue weighted by Gasteiger charge is 2.13. The first-order valence-electron chi connectivity index (χ1n) is 5.33. The SMILES string of the molecule is COCCC(C)NC(=O)c1ccc(F)cc1O. The summed E-state index contributed by atoms with van der Waals surface area (Å²) in [7, 11) is 1.58. The predicted molar refractivity (Wildman–Crippen MR) is 61.5 cm³/mol. The van der Waals surface area contributed by atoms with E-state index >= 15 is 0 Å². The van der Waals surface area contributed by atoms with Gasteiger partial charge in [0.2, 0.25) is 0 Å². The van der Waals surface area contributed by atoms with Crippen LogP contribution >= 0.6 is 0 Å². The number of amides is 1. The number of nitrogens with one attached hydrogen (secondary N) is 1. The van der Waals surface area contributed by atoms with E-state index in [9.17, 15) is 14.3 Å². The van der Waals surface area contributed by atoms with Crippen LogP contribution in [0.25, 0.3) is 0 Å². The number of hydrogen-bond acceptors (Lipinski definition) is 3. The molecule has 0 saturated heterocycles. The monoisotopic (exact) mass is 241 g/mol. The first kappa shape index (κ1) is 13.4. The third kappa shape index (κ3) is 4.03. The van der Waals surface area contributed by atoms with E-state index in [1.54, 1.807) is 7.11 Å². The molecule has 4 nitrogen and oxygen atoms in total. The summed E-state index contributed by atoms with van der Waals surface area (Å²) < 4.78 is 17.6. The minimum atomic E-state index is -0.577. The van der Waals surface area contributed by atoms with Gasteiger partial charge in [-0.25, -0.2) is 4.39 Å². The smallest absolute Gasteiger partial charge is 0.255 e. The molecule has 1 amide bonds. The van der Waals surface area contributed by atoms with Crippen LogP contribution in [0.2, 0.25) is 0 Å². The Hall–Kier alpha value is -1.62. The van der Waals surface area contributed by atoms with Gasteiger partial charge in [0.05, 0.1) is 5.56 Å². The third-order valence-electron chi connectivity index (χ3n) is 2.34. The molecular weight excluding hydrogens is 225 g/mol. The molecule has 0 saturated carbocycles. The fraction of sp³-hybridized carbons (Fsp3) is 0.417. The van der Waals surface area contributed by atoms with Gasteiger partial charge in [-0.2, -0.15) is 0 Å². The highest BCUT2D eigenvalue weighted by Crippen LogP contribution is 2.17. The molecule has 0 bridgehead atoms. The molecule has 17 heavy (non-hydrogen) atoms. The fourth-order valence-corrected chi connectivity index (χ4v) is 1.37. The van der Waals surface area contributed by atoms with Crippen LogP contribution in [-0.4, -0.2) is 30.8 Å². The van der Waals surface area contributed by atoms with Gasteiger partial charge < -0.3 is 15.2 Å². The van der Waals surface area contributed by atoms with Gasteiger partial charge in [-0.1, -0.05) is 0 Å². The molecule has 5 heteroatoms. The molecule has 0 radical (unpaired) electrons. The van der Waals surface area contributed by atoms with Crippen molar-refractivity contribution >= 4 is 5.91 Å². The molecule has 1 rings (SSSR count). The summed E-state index contributed by atoms with van der Waals surface area (Å²) in [5.74, 6) is -1.36. The largest absolute Gasteiger partial charge is 0.507 e. The zero-order valence-electron chi connectivity index (χ0n) is 9.87. The average molecular weight is 241 g/mol. The Morgan fingerprint density at radius 3 is 2.88 bits per heavy atom. The van der Waals surface area contributed by atoms with Crippen LogP contribution in [0.4, 0.5) is 4.39 Å². The van der Waals surface area contributed by atoms with Crippen LogP contribution in [-0.2, 0) is 4.74 Å². The van der Waals surface area contributed by atoms with E-state index in [4.69, 9.17) is 4.74 Å². The number of benzene rings is 1. The molecular formula is C12H16FNO3. The number of hydrogen-bond donors (Lipinski definition) is 2. The lowest BCUT2D eigenvalue weighted by Gasteiger charge is -2.13. The Balaban J connectivity index is 2.63. The summed E-state index contributed by atoms with van der Waals surface area (Å²) >= 11 is 0. The highest BCUT2D eigenvalue weighted by atomic mass is 19.1. The summed E-state index contributed by atoms with van der Waals surface area (Å²) in [5, 5.41) is 12.1. The summed E-state index contributed by atoms with van der Waals surface area (Å²) in [6.45, 7) is 2.37. The number of carbonyl (C=O) groups excluding carboxylic acids is 1. The first-order chi connectivity index (χ1) is 8.04. The maximum absolute atomic E-state index is 12.7. The van der Waals surface area contributed by atoms with Crippen molar-refractivity contribution in [2.24, 2.45) is 0 Å². The zero-order chi connectivity index (χ0) is 12.8. The van der Waals surface area contributed by atoms with Gasteiger partial charge in [-0.05, 0) is 25.5 Å². The molecule has 0 aliphatic rings. The summed E-state index contributed by atoms with van der Waals surface area (Å²) in [5.41, 5.74) is 0.0654. The van der Waals surface area contributed by atoms with Crippen LogP contribution in [0.5, 0.6) is 5.75 Å². The number of halogens is 1. The minimum absolute atomic E-state index is 0.0654. The molecule has 1 atom stereocenters. The predicted octanol–water partition coefficient (Wildman–Crippen LogP) is 1.69. The standard InChI is InChI=1S/C12H16FNO3/c1-8(5-6-17-2)14-12(16)10-4-3-9(13)7-11(10)15/h3-4,7-8,15H,5-6H2,1-2H3,(H,14,16). The Bertz CT molecular complexity index is 395. The number of phenols is 1. The van der Waals surface area contributed by atoms with Crippen LogP contribution in [0.1, 0.15) is 23.7 Å². The maximum atomic E-state index is 12.7. The molecule has 0 aliphatic carbocycles. The molecule has 0 aromatic heterocycles. The van der Waals surface area contributed by atoms with Crippen molar-refractivity contribution in [3.8, 4) is 5.75 Å². The lowest BCUT2D eigenvalue weighted by molar-refractivity contribution is 0.0927. The van der Waals surface area contributed by atoms with Gasteiger partial charge in [0, 0.05) is 25.8 Å². The van der Waals surface area contributed by atoms with Gasteiger partial charge >= 0.3 is 0 Å². The van der Waals surface area contributed by atoms with Crippen molar-refractivity contribution in [1.29, 1.82) is 0 Å². The topological polar surface area (TPSA) is 58.6 Å². The molecule has 1 unspecified atom stereocenters. The van der Waals surface area contributed by atoms with Crippen LogP contribution in [0, 0.1) is 5.82 Å². The van der Waals surface area contributed by atoms with Gasteiger partial charge in [-0.3, -0.25) is 4.79 Å². The number of rotatable bonds is 5. The van der Waals surface area contributed by atoms with Crippen molar-refractivity contribution in [3.05, 3.63) is 29.6 Å². The Morgan fingerprint density at radius 2 is 2.29 bits per heavy atom. The van der Waals surface area contributed by atoms with Crippen molar-refractivity contribution in [3.63, 3.8) is 0 Å². The number of phenolic OH excluding ortho intramolecular Hbond substituents is 1. The number of aromatic hydroxyl groups is 1. The molecule has 1 aromatic carbocycles. The number of ether oxygens (including phenoxy) is 1. The lowest BCUT2D eigenvalue weighted by atomic mass is 10.1. The van der Waals surface area contributed by atoms with E-state index in [1.165, 1.54) is 6.07 Å². The first-order valence-corrected chi connectivity index (χ1v) is 5.33. The molecule has 2 N–H and O–H groups in total. The van der Waals surface area contributed by atoms with E-state index < -0.39 is 11.7 Å². The van der Waals surface area contributed by atoms with E-state index in [2.05, 4.69) is 5.32 Å². The average Bonchev–Trinajstić information content (AvgIpc) is 2.26. The zero-order valence-corrected chi connectivity index (χ0v) is 9.87. The van der Waals surface area contributed by atoms with Crippen molar-refractivity contribution in [2.75, 3.05) is 13.7 Å². The normalized spacial score (nSPS) is 12.2. The molecule has 0 fully saturated rings. The van der Waals surface area contributed by atoms with Crippen molar-refractivity contribution in [2.45, 2.75) is 19.4 Å². The summed E-state index contributed by atoms with van der Waals surface area (Å²) in [6, 6.07) is 3.22. The van der Waals surface area contributed by atoms with Gasteiger partial charge in [0.25, 0.3) is 5.91 Å². The van der Waals surface area contributed by atoms with Crippen LogP contribution in [0.3, 0.4) is 0 Å². The quantitative estimate of drug-likeness (QED) is 0.824. The van der Waals surface area contributed by atoms with E-state index in [1.807, 2.05) is 6.92 Å². The van der Waals surface area contributed by atoms with Crippen molar-refractivity contribution < 1.29 is 19.0 Å². The molecule has 94 valence electrons. The molecule has 0 spiro atoms. The van der Waals surface area contributed by atoms with E-state index in [0.29, 0.717) is 13.0 Å². The maximum Gasteiger partial charge on any atom is 0.255 e. The Morgan fingerprint density at radius 1 is 1.59 bits per heavy atom. The van der Waals surface area contributed by atoms with Crippen molar-refractivity contribution in [1.82, 2.24) is 5.32 Å². The second kappa shape index (κ2) is 6.20. The number of carbonyl (C=O) groups is 1. The van der Waals surface area contributed by atoms with Gasteiger partial charge in [0.1, 0.15) is 11.6 Å². The number of methoxy groups -OCH3 is 1. The van der Waals surface area contributed by atoms with E-state index in [-0.39, 0.29) is 17.4 Å². The van der Waals surface area contributed by atoms with Crippen LogP contribution in [0.15, 0.2) is 18.2 Å². The fourth-order valence-electron chi connectivity index (χ4n) is 1.37. The summed E-state index contributed by atoms with van der Waals surface area (Å²) in [4.78, 5) is 11.7. The Labute approximate surface area is 99.4 Å². The second-order valence-electron chi connectivity index (χ2n) is 3.82. The second-order valence-corrected chi connectivity index (χ2v) is 3.82. The third-order valence-corrected chi connectivity index (χ3v) is 2.34. The molecule has 0 aliphatic heterocycles. The van der Waals surface area contributed by atoms with Gasteiger partial charge in [-0.15, -0.1) is 0 Å².